The molecule has 0 saturated heterocycles. The number of hydrogen-bond acceptors (Lipinski definition) is 3. The van der Waals surface area contributed by atoms with Gasteiger partial charge in [-0.05, 0) is 31.2 Å². The fourth-order valence-corrected chi connectivity index (χ4v) is 1.74. The fraction of sp³-hybridized carbons (Fsp3) is 0.455. The lowest BCUT2D eigenvalue weighted by Crippen LogP contribution is -2.14. The van der Waals surface area contributed by atoms with Crippen LogP contribution in [0.25, 0.3) is 0 Å². The van der Waals surface area contributed by atoms with Crippen molar-refractivity contribution >= 4 is 12.4 Å². The molecule has 1 heterocycles. The van der Waals surface area contributed by atoms with E-state index in [1.54, 1.807) is 0 Å². The first-order valence-corrected chi connectivity index (χ1v) is 4.92. The average molecular weight is 230 g/mol. The maximum atomic E-state index is 5.33. The summed E-state index contributed by atoms with van der Waals surface area (Å²) < 4.78 is 10.6. The Balaban J connectivity index is 0.00000112. The Hall–Kier alpha value is -0.930. The molecule has 2 rings (SSSR count). The molecule has 1 aromatic carbocycles. The molecule has 0 radical (unpaired) electrons. The Labute approximate surface area is 96.2 Å². The number of hydrogen-bond donors (Lipinski definition) is 1. The Kier molecular flexibility index (Phi) is 4.24. The van der Waals surface area contributed by atoms with Gasteiger partial charge in [-0.1, -0.05) is 13.0 Å². The van der Waals surface area contributed by atoms with Gasteiger partial charge in [0.25, 0.3) is 0 Å². The second-order valence-electron chi connectivity index (χ2n) is 3.36. The number of rotatable bonds is 3. The molecule has 0 saturated carbocycles. The second kappa shape index (κ2) is 5.24. The number of nitrogens with one attached hydrogen (secondary N) is 1. The summed E-state index contributed by atoms with van der Waals surface area (Å²) in [6.07, 6.45) is 1.07. The first-order chi connectivity index (χ1) is 6.85. The van der Waals surface area contributed by atoms with E-state index in [2.05, 4.69) is 18.3 Å². The molecule has 1 aliphatic heterocycles. The normalized spacial score (nSPS) is 14.5. The summed E-state index contributed by atoms with van der Waals surface area (Å²) in [5.74, 6) is 1.70. The summed E-state index contributed by atoms with van der Waals surface area (Å²) in [5, 5.41) is 3.26. The summed E-state index contributed by atoms with van der Waals surface area (Å²) in [6, 6.07) is 6.49. The highest BCUT2D eigenvalue weighted by atomic mass is 35.5. The molecule has 0 amide bonds. The van der Waals surface area contributed by atoms with Crippen LogP contribution in [0.3, 0.4) is 0 Å². The molecule has 15 heavy (non-hydrogen) atoms. The van der Waals surface area contributed by atoms with Gasteiger partial charge >= 0.3 is 0 Å². The molecule has 0 spiro atoms. The van der Waals surface area contributed by atoms with Crippen LogP contribution in [0.1, 0.15) is 24.9 Å². The third kappa shape index (κ3) is 2.36. The number of fused-ring (bicyclic) bond motifs is 1. The molecule has 1 N–H and O–H groups in total. The predicted molar refractivity (Wildman–Crippen MR) is 61.9 cm³/mol. The van der Waals surface area contributed by atoms with E-state index in [0.717, 1.165) is 17.9 Å². The first kappa shape index (κ1) is 12.1. The van der Waals surface area contributed by atoms with Crippen molar-refractivity contribution in [3.63, 3.8) is 0 Å². The molecule has 1 unspecified atom stereocenters. The molecular formula is C11H16ClNO2. The minimum Gasteiger partial charge on any atom is -0.454 e. The number of benzene rings is 1. The fourth-order valence-electron chi connectivity index (χ4n) is 1.74. The van der Waals surface area contributed by atoms with Gasteiger partial charge in [0, 0.05) is 6.04 Å². The van der Waals surface area contributed by atoms with Crippen LogP contribution in [0.5, 0.6) is 11.5 Å². The van der Waals surface area contributed by atoms with Crippen LogP contribution in [0.2, 0.25) is 0 Å². The zero-order chi connectivity index (χ0) is 9.97. The Morgan fingerprint density at radius 1 is 1.33 bits per heavy atom. The molecule has 0 aliphatic carbocycles. The van der Waals surface area contributed by atoms with Gasteiger partial charge in [0.15, 0.2) is 11.5 Å². The van der Waals surface area contributed by atoms with Gasteiger partial charge in [-0.2, -0.15) is 0 Å². The molecule has 0 aromatic heterocycles. The number of ether oxygens (including phenoxy) is 2. The SMILES string of the molecule is CCC(NC)c1ccc2c(c1)OCO2.Cl. The van der Waals surface area contributed by atoms with Crippen molar-refractivity contribution in [2.24, 2.45) is 0 Å². The van der Waals surface area contributed by atoms with Gasteiger partial charge in [-0.15, -0.1) is 12.4 Å². The quantitative estimate of drug-likeness (QED) is 0.864. The van der Waals surface area contributed by atoms with E-state index < -0.39 is 0 Å². The third-order valence-electron chi connectivity index (χ3n) is 2.56. The van der Waals surface area contributed by atoms with Crippen LogP contribution in [-0.4, -0.2) is 13.8 Å². The van der Waals surface area contributed by atoms with Crippen LogP contribution in [0.15, 0.2) is 18.2 Å². The average Bonchev–Trinajstić information content (AvgIpc) is 2.66. The smallest absolute Gasteiger partial charge is 0.231 e. The van der Waals surface area contributed by atoms with E-state index in [9.17, 15) is 0 Å². The lowest BCUT2D eigenvalue weighted by atomic mass is 10.0. The molecular weight excluding hydrogens is 214 g/mol. The summed E-state index contributed by atoms with van der Waals surface area (Å²) in [4.78, 5) is 0. The summed E-state index contributed by atoms with van der Waals surface area (Å²) in [6.45, 7) is 2.50. The van der Waals surface area contributed by atoms with Crippen LogP contribution in [0.4, 0.5) is 0 Å². The van der Waals surface area contributed by atoms with Gasteiger partial charge < -0.3 is 14.8 Å². The van der Waals surface area contributed by atoms with Gasteiger partial charge in [-0.25, -0.2) is 0 Å². The Bertz CT molecular complexity index is 326. The molecule has 1 aromatic rings. The van der Waals surface area contributed by atoms with Crippen molar-refractivity contribution in [1.29, 1.82) is 0 Å². The zero-order valence-corrected chi connectivity index (χ0v) is 9.76. The van der Waals surface area contributed by atoms with Gasteiger partial charge in [0.05, 0.1) is 0 Å². The van der Waals surface area contributed by atoms with Gasteiger partial charge in [0.2, 0.25) is 6.79 Å². The lowest BCUT2D eigenvalue weighted by molar-refractivity contribution is 0.174. The second-order valence-corrected chi connectivity index (χ2v) is 3.36. The highest BCUT2D eigenvalue weighted by molar-refractivity contribution is 5.85. The van der Waals surface area contributed by atoms with Crippen LogP contribution in [0, 0.1) is 0 Å². The Morgan fingerprint density at radius 3 is 2.73 bits per heavy atom. The largest absolute Gasteiger partial charge is 0.454 e. The molecule has 1 aliphatic rings. The maximum absolute atomic E-state index is 5.33. The van der Waals surface area contributed by atoms with Crippen molar-refractivity contribution < 1.29 is 9.47 Å². The molecule has 3 nitrogen and oxygen atoms in total. The molecule has 0 fully saturated rings. The molecule has 1 atom stereocenters. The highest BCUT2D eigenvalue weighted by Crippen LogP contribution is 2.34. The third-order valence-corrected chi connectivity index (χ3v) is 2.56. The highest BCUT2D eigenvalue weighted by Gasteiger charge is 2.15. The monoisotopic (exact) mass is 229 g/mol. The summed E-state index contributed by atoms with van der Waals surface area (Å²) in [7, 11) is 1.97. The van der Waals surface area contributed by atoms with E-state index >= 15 is 0 Å². The van der Waals surface area contributed by atoms with Crippen molar-refractivity contribution in [3.05, 3.63) is 23.8 Å². The predicted octanol–water partition coefficient (Wildman–Crippen LogP) is 2.51. The minimum atomic E-state index is 0. The summed E-state index contributed by atoms with van der Waals surface area (Å²) in [5.41, 5.74) is 1.25. The minimum absolute atomic E-state index is 0. The maximum Gasteiger partial charge on any atom is 0.231 e. The topological polar surface area (TPSA) is 30.5 Å². The van der Waals surface area contributed by atoms with E-state index in [4.69, 9.17) is 9.47 Å². The van der Waals surface area contributed by atoms with Crippen molar-refractivity contribution in [2.75, 3.05) is 13.8 Å². The molecule has 84 valence electrons. The zero-order valence-electron chi connectivity index (χ0n) is 8.95. The molecule has 4 heteroatoms. The van der Waals surface area contributed by atoms with Crippen LogP contribution < -0.4 is 14.8 Å². The van der Waals surface area contributed by atoms with Crippen molar-refractivity contribution in [1.82, 2.24) is 5.32 Å². The van der Waals surface area contributed by atoms with E-state index in [-0.39, 0.29) is 12.4 Å². The number of halogens is 1. The standard InChI is InChI=1S/C11H15NO2.ClH/c1-3-9(12-2)8-4-5-10-11(6-8)14-7-13-10;/h4-6,9,12H,3,7H2,1-2H3;1H. The first-order valence-electron chi connectivity index (χ1n) is 4.92. The van der Waals surface area contributed by atoms with Crippen LogP contribution in [-0.2, 0) is 0 Å². The van der Waals surface area contributed by atoms with Crippen LogP contribution >= 0.6 is 12.4 Å². The molecule has 0 bridgehead atoms. The van der Waals surface area contributed by atoms with Crippen molar-refractivity contribution in [2.45, 2.75) is 19.4 Å². The van der Waals surface area contributed by atoms with Crippen molar-refractivity contribution in [3.8, 4) is 11.5 Å². The van der Waals surface area contributed by atoms with E-state index in [0.29, 0.717) is 12.8 Å². The van der Waals surface area contributed by atoms with Gasteiger partial charge in [-0.3, -0.25) is 0 Å². The van der Waals surface area contributed by atoms with E-state index in [1.165, 1.54) is 5.56 Å². The summed E-state index contributed by atoms with van der Waals surface area (Å²) >= 11 is 0. The van der Waals surface area contributed by atoms with E-state index in [1.807, 2.05) is 19.2 Å². The lowest BCUT2D eigenvalue weighted by Gasteiger charge is -2.14. The van der Waals surface area contributed by atoms with Gasteiger partial charge in [0.1, 0.15) is 0 Å². The Morgan fingerprint density at radius 2 is 2.07 bits per heavy atom.